The van der Waals surface area contributed by atoms with E-state index >= 15 is 0 Å². The number of nitrogens with one attached hydrogen (secondary N) is 1. The molecule has 5 heteroatoms. The van der Waals surface area contributed by atoms with Gasteiger partial charge in [-0.2, -0.15) is 5.10 Å². The standard InChI is InChI=1S/C9H16N4O/c1-6(2)13-5-8(4-11-13)12-9(14)7(3)10/h4-7H,10H2,1-3H3,(H,12,14). The SMILES string of the molecule is CC(N)C(=O)Nc1cnn(C(C)C)c1. The maximum atomic E-state index is 11.2. The van der Waals surface area contributed by atoms with Crippen LogP contribution in [0.3, 0.4) is 0 Å². The topological polar surface area (TPSA) is 72.9 Å². The highest BCUT2D eigenvalue weighted by Crippen LogP contribution is 2.09. The lowest BCUT2D eigenvalue weighted by Crippen LogP contribution is -2.32. The van der Waals surface area contributed by atoms with Gasteiger partial charge in [-0.3, -0.25) is 9.48 Å². The first-order chi connectivity index (χ1) is 6.50. The minimum atomic E-state index is -0.502. The van der Waals surface area contributed by atoms with Crippen LogP contribution in [0.2, 0.25) is 0 Å². The van der Waals surface area contributed by atoms with E-state index in [1.165, 1.54) is 0 Å². The Balaban J connectivity index is 2.64. The third-order valence-electron chi connectivity index (χ3n) is 1.81. The maximum absolute atomic E-state index is 11.2. The van der Waals surface area contributed by atoms with Crippen LogP contribution in [0.5, 0.6) is 0 Å². The molecular formula is C9H16N4O. The largest absolute Gasteiger partial charge is 0.322 e. The summed E-state index contributed by atoms with van der Waals surface area (Å²) in [5.74, 6) is -0.201. The zero-order valence-corrected chi connectivity index (χ0v) is 8.69. The fourth-order valence-corrected chi connectivity index (χ4v) is 0.941. The Morgan fingerprint density at radius 3 is 2.64 bits per heavy atom. The van der Waals surface area contributed by atoms with Crippen LogP contribution in [0.1, 0.15) is 26.8 Å². The number of anilines is 1. The Morgan fingerprint density at radius 2 is 2.21 bits per heavy atom. The second kappa shape index (κ2) is 4.23. The van der Waals surface area contributed by atoms with E-state index in [2.05, 4.69) is 10.4 Å². The van der Waals surface area contributed by atoms with Crippen LogP contribution in [0, 0.1) is 0 Å². The lowest BCUT2D eigenvalue weighted by Gasteiger charge is -2.05. The van der Waals surface area contributed by atoms with Crippen LogP contribution in [0.15, 0.2) is 12.4 Å². The Hall–Kier alpha value is -1.36. The monoisotopic (exact) mass is 196 g/mol. The van der Waals surface area contributed by atoms with Crippen molar-refractivity contribution in [3.63, 3.8) is 0 Å². The average Bonchev–Trinajstić information content (AvgIpc) is 2.52. The number of nitrogens with zero attached hydrogens (tertiary/aromatic N) is 2. The molecule has 0 aromatic carbocycles. The molecule has 1 atom stereocenters. The quantitative estimate of drug-likeness (QED) is 0.749. The summed E-state index contributed by atoms with van der Waals surface area (Å²) in [6.45, 7) is 5.68. The second-order valence-corrected chi connectivity index (χ2v) is 3.58. The number of aromatic nitrogens is 2. The summed E-state index contributed by atoms with van der Waals surface area (Å²) in [6.07, 6.45) is 3.39. The van der Waals surface area contributed by atoms with Crippen LogP contribution in [0.25, 0.3) is 0 Å². The first-order valence-corrected chi connectivity index (χ1v) is 4.61. The van der Waals surface area contributed by atoms with Gasteiger partial charge in [-0.05, 0) is 20.8 Å². The minimum absolute atomic E-state index is 0.201. The molecule has 0 aliphatic heterocycles. The predicted molar refractivity (Wildman–Crippen MR) is 54.9 cm³/mol. The summed E-state index contributed by atoms with van der Waals surface area (Å²) in [4.78, 5) is 11.2. The Kier molecular flexibility index (Phi) is 3.24. The van der Waals surface area contributed by atoms with Crippen LogP contribution < -0.4 is 11.1 Å². The van der Waals surface area contributed by atoms with Gasteiger partial charge in [0.15, 0.2) is 0 Å². The molecule has 0 saturated carbocycles. The zero-order chi connectivity index (χ0) is 10.7. The highest BCUT2D eigenvalue weighted by molar-refractivity contribution is 5.94. The van der Waals surface area contributed by atoms with Crippen molar-refractivity contribution >= 4 is 11.6 Å². The molecule has 1 amide bonds. The molecule has 1 aromatic heterocycles. The van der Waals surface area contributed by atoms with Crippen molar-refractivity contribution in [3.8, 4) is 0 Å². The highest BCUT2D eigenvalue weighted by Gasteiger charge is 2.09. The van der Waals surface area contributed by atoms with E-state index in [0.29, 0.717) is 5.69 Å². The molecule has 0 radical (unpaired) electrons. The molecule has 1 unspecified atom stereocenters. The Bertz CT molecular complexity index is 316. The van der Waals surface area contributed by atoms with Crippen molar-refractivity contribution in [2.24, 2.45) is 5.73 Å². The van der Waals surface area contributed by atoms with Gasteiger partial charge in [0.05, 0.1) is 17.9 Å². The number of hydrogen-bond donors (Lipinski definition) is 2. The number of rotatable bonds is 3. The molecule has 5 nitrogen and oxygen atoms in total. The van der Waals surface area contributed by atoms with Crippen LogP contribution in [0.4, 0.5) is 5.69 Å². The molecule has 1 heterocycles. The summed E-state index contributed by atoms with van der Waals surface area (Å²) < 4.78 is 1.77. The molecule has 0 aliphatic rings. The molecule has 1 rings (SSSR count). The van der Waals surface area contributed by atoms with Gasteiger partial charge in [0, 0.05) is 12.2 Å². The Labute approximate surface area is 83.3 Å². The summed E-state index contributed by atoms with van der Waals surface area (Å²) >= 11 is 0. The molecule has 0 saturated heterocycles. The van der Waals surface area contributed by atoms with Crippen LogP contribution in [-0.4, -0.2) is 21.7 Å². The number of carbonyl (C=O) groups excluding carboxylic acids is 1. The van der Waals surface area contributed by atoms with Gasteiger partial charge in [0.1, 0.15) is 0 Å². The molecule has 78 valence electrons. The third kappa shape index (κ3) is 2.56. The normalized spacial score (nSPS) is 12.9. The fourth-order valence-electron chi connectivity index (χ4n) is 0.941. The molecule has 0 aliphatic carbocycles. The lowest BCUT2D eigenvalue weighted by molar-refractivity contribution is -0.117. The number of amides is 1. The second-order valence-electron chi connectivity index (χ2n) is 3.58. The molecule has 3 N–H and O–H groups in total. The van der Waals surface area contributed by atoms with Crippen LogP contribution in [-0.2, 0) is 4.79 Å². The number of hydrogen-bond acceptors (Lipinski definition) is 3. The van der Waals surface area contributed by atoms with Crippen molar-refractivity contribution in [1.82, 2.24) is 9.78 Å². The predicted octanol–water partition coefficient (Wildman–Crippen LogP) is 0.750. The van der Waals surface area contributed by atoms with Crippen molar-refractivity contribution in [2.45, 2.75) is 32.9 Å². The van der Waals surface area contributed by atoms with E-state index in [1.54, 1.807) is 24.0 Å². The smallest absolute Gasteiger partial charge is 0.241 e. The minimum Gasteiger partial charge on any atom is -0.322 e. The summed E-state index contributed by atoms with van der Waals surface area (Å²) in [7, 11) is 0. The van der Waals surface area contributed by atoms with Gasteiger partial charge >= 0.3 is 0 Å². The van der Waals surface area contributed by atoms with Gasteiger partial charge in [-0.25, -0.2) is 0 Å². The van der Waals surface area contributed by atoms with E-state index < -0.39 is 6.04 Å². The fraction of sp³-hybridized carbons (Fsp3) is 0.556. The number of carbonyl (C=O) groups is 1. The van der Waals surface area contributed by atoms with Crippen molar-refractivity contribution in [2.75, 3.05) is 5.32 Å². The van der Waals surface area contributed by atoms with Crippen molar-refractivity contribution in [1.29, 1.82) is 0 Å². The molecular weight excluding hydrogens is 180 g/mol. The van der Waals surface area contributed by atoms with Gasteiger partial charge in [-0.1, -0.05) is 0 Å². The number of nitrogens with two attached hydrogens (primary N) is 1. The Morgan fingerprint density at radius 1 is 1.57 bits per heavy atom. The van der Waals surface area contributed by atoms with E-state index in [4.69, 9.17) is 5.73 Å². The summed E-state index contributed by atoms with van der Waals surface area (Å²) in [5.41, 5.74) is 6.09. The maximum Gasteiger partial charge on any atom is 0.241 e. The van der Waals surface area contributed by atoms with E-state index in [0.717, 1.165) is 0 Å². The lowest BCUT2D eigenvalue weighted by atomic mass is 10.3. The molecule has 14 heavy (non-hydrogen) atoms. The first kappa shape index (κ1) is 10.7. The summed E-state index contributed by atoms with van der Waals surface area (Å²) in [5, 5.41) is 6.76. The van der Waals surface area contributed by atoms with Gasteiger partial charge < -0.3 is 11.1 Å². The van der Waals surface area contributed by atoms with E-state index in [9.17, 15) is 4.79 Å². The van der Waals surface area contributed by atoms with Crippen molar-refractivity contribution in [3.05, 3.63) is 12.4 Å². The van der Waals surface area contributed by atoms with Gasteiger partial charge in [0.2, 0.25) is 5.91 Å². The molecule has 0 fully saturated rings. The molecule has 0 bridgehead atoms. The highest BCUT2D eigenvalue weighted by atomic mass is 16.2. The van der Waals surface area contributed by atoms with Gasteiger partial charge in [0.25, 0.3) is 0 Å². The average molecular weight is 196 g/mol. The molecule has 1 aromatic rings. The first-order valence-electron chi connectivity index (χ1n) is 4.61. The van der Waals surface area contributed by atoms with E-state index in [1.807, 2.05) is 13.8 Å². The van der Waals surface area contributed by atoms with E-state index in [-0.39, 0.29) is 11.9 Å². The van der Waals surface area contributed by atoms with Gasteiger partial charge in [-0.15, -0.1) is 0 Å². The van der Waals surface area contributed by atoms with Crippen molar-refractivity contribution < 1.29 is 4.79 Å². The zero-order valence-electron chi connectivity index (χ0n) is 8.69. The van der Waals surface area contributed by atoms with Crippen LogP contribution >= 0.6 is 0 Å². The molecule has 0 spiro atoms. The summed E-state index contributed by atoms with van der Waals surface area (Å²) in [6, 6.07) is -0.214. The third-order valence-corrected chi connectivity index (χ3v) is 1.81.